The van der Waals surface area contributed by atoms with E-state index in [1.165, 1.54) is 16.2 Å². The molecule has 1 amide bonds. The third-order valence-electron chi connectivity index (χ3n) is 4.95. The van der Waals surface area contributed by atoms with Crippen molar-refractivity contribution in [3.8, 4) is 16.2 Å². The number of amides is 1. The predicted octanol–water partition coefficient (Wildman–Crippen LogP) is 3.63. The van der Waals surface area contributed by atoms with Crippen molar-refractivity contribution in [2.75, 3.05) is 6.54 Å². The van der Waals surface area contributed by atoms with E-state index in [1.807, 2.05) is 37.3 Å². The van der Waals surface area contributed by atoms with Crippen LogP contribution < -0.4 is 4.74 Å². The number of benzene rings is 1. The Balaban J connectivity index is 1.66. The molecule has 4 rings (SSSR count). The predicted molar refractivity (Wildman–Crippen MR) is 94.9 cm³/mol. The molecule has 130 valence electrons. The lowest BCUT2D eigenvalue weighted by molar-refractivity contribution is -0.144. The molecule has 1 N–H and O–H groups in total. The second-order valence-electron chi connectivity index (χ2n) is 6.73. The molecule has 6 heteroatoms. The van der Waals surface area contributed by atoms with E-state index in [0.29, 0.717) is 30.4 Å². The summed E-state index contributed by atoms with van der Waals surface area (Å²) in [6.07, 6.45) is 1.35. The highest BCUT2D eigenvalue weighted by Crippen LogP contribution is 2.42. The number of carboxylic acid groups (broad SMARTS) is 1. The molecule has 25 heavy (non-hydrogen) atoms. The summed E-state index contributed by atoms with van der Waals surface area (Å²) < 4.78 is 5.75. The molecule has 1 saturated heterocycles. The molecule has 2 aromatic rings. The molecule has 2 aliphatic heterocycles. The summed E-state index contributed by atoms with van der Waals surface area (Å²) in [6, 6.07) is 8.90. The summed E-state index contributed by atoms with van der Waals surface area (Å²) in [5, 5.41) is 9.50. The highest BCUT2D eigenvalue weighted by molar-refractivity contribution is 7.17. The van der Waals surface area contributed by atoms with Crippen LogP contribution in [-0.2, 0) is 11.4 Å². The van der Waals surface area contributed by atoms with E-state index in [2.05, 4.69) is 0 Å². The van der Waals surface area contributed by atoms with Crippen LogP contribution in [0.15, 0.2) is 30.3 Å². The van der Waals surface area contributed by atoms with Gasteiger partial charge in [0, 0.05) is 22.5 Å². The Labute approximate surface area is 149 Å². The van der Waals surface area contributed by atoms with E-state index in [4.69, 9.17) is 4.74 Å². The standard InChI is InChI=1S/C19H19NO4S/c1-11-6-7-20(14(8-11)19(22)23)18(21)16-9-12-10-24-15-5-3-2-4-13(15)17(12)25-16/h2-5,9,11,14H,6-8,10H2,1H3,(H,22,23). The molecule has 2 aliphatic rings. The maximum Gasteiger partial charge on any atom is 0.326 e. The minimum absolute atomic E-state index is 0.184. The lowest BCUT2D eigenvalue weighted by atomic mass is 9.92. The number of rotatable bonds is 2. The van der Waals surface area contributed by atoms with Gasteiger partial charge >= 0.3 is 5.97 Å². The van der Waals surface area contributed by atoms with Crippen LogP contribution in [0.2, 0.25) is 0 Å². The number of nitrogens with zero attached hydrogens (tertiary/aromatic N) is 1. The van der Waals surface area contributed by atoms with Crippen molar-refractivity contribution in [3.63, 3.8) is 0 Å². The highest BCUT2D eigenvalue weighted by Gasteiger charge is 2.36. The normalized spacial score (nSPS) is 21.9. The number of ether oxygens (including phenoxy) is 1. The molecular formula is C19H19NO4S. The Morgan fingerprint density at radius 1 is 1.32 bits per heavy atom. The molecule has 2 atom stereocenters. The number of carbonyl (C=O) groups is 2. The Kier molecular flexibility index (Phi) is 4.00. The number of hydrogen-bond donors (Lipinski definition) is 1. The largest absolute Gasteiger partial charge is 0.488 e. The van der Waals surface area contributed by atoms with Crippen LogP contribution in [0.4, 0.5) is 0 Å². The minimum Gasteiger partial charge on any atom is -0.488 e. The van der Waals surface area contributed by atoms with Crippen LogP contribution in [0.25, 0.3) is 10.4 Å². The molecule has 0 bridgehead atoms. The summed E-state index contributed by atoms with van der Waals surface area (Å²) in [5.74, 6) is 0.0408. The van der Waals surface area contributed by atoms with Gasteiger partial charge in [0.2, 0.25) is 0 Å². The van der Waals surface area contributed by atoms with E-state index >= 15 is 0 Å². The van der Waals surface area contributed by atoms with Crippen molar-refractivity contribution < 1.29 is 19.4 Å². The summed E-state index contributed by atoms with van der Waals surface area (Å²) >= 11 is 1.43. The molecule has 0 aliphatic carbocycles. The van der Waals surface area contributed by atoms with Crippen molar-refractivity contribution in [2.45, 2.75) is 32.4 Å². The second-order valence-corrected chi connectivity index (χ2v) is 7.78. The van der Waals surface area contributed by atoms with E-state index < -0.39 is 12.0 Å². The van der Waals surface area contributed by atoms with Gasteiger partial charge in [0.1, 0.15) is 18.4 Å². The number of aliphatic carboxylic acids is 1. The second kappa shape index (κ2) is 6.19. The first-order valence-corrected chi connectivity index (χ1v) is 9.25. The molecule has 1 aromatic carbocycles. The van der Waals surface area contributed by atoms with Crippen molar-refractivity contribution in [1.82, 2.24) is 4.90 Å². The van der Waals surface area contributed by atoms with E-state index in [-0.39, 0.29) is 5.91 Å². The van der Waals surface area contributed by atoms with Crippen LogP contribution in [0.1, 0.15) is 35.0 Å². The number of fused-ring (bicyclic) bond motifs is 3. The summed E-state index contributed by atoms with van der Waals surface area (Å²) in [7, 11) is 0. The van der Waals surface area contributed by atoms with Crippen molar-refractivity contribution >= 4 is 23.2 Å². The molecule has 2 unspecified atom stereocenters. The fourth-order valence-corrected chi connectivity index (χ4v) is 4.72. The third-order valence-corrected chi connectivity index (χ3v) is 6.14. The number of piperidine rings is 1. The topological polar surface area (TPSA) is 66.8 Å². The zero-order valence-corrected chi connectivity index (χ0v) is 14.7. The third kappa shape index (κ3) is 2.80. The Morgan fingerprint density at radius 3 is 2.92 bits per heavy atom. The van der Waals surface area contributed by atoms with E-state index in [9.17, 15) is 14.7 Å². The van der Waals surface area contributed by atoms with Gasteiger partial charge in [0.05, 0.1) is 4.88 Å². The molecule has 0 spiro atoms. The fourth-order valence-electron chi connectivity index (χ4n) is 3.57. The first kappa shape index (κ1) is 16.1. The number of thiophene rings is 1. The Morgan fingerprint density at radius 2 is 2.12 bits per heavy atom. The van der Waals surface area contributed by atoms with Gasteiger partial charge in [-0.3, -0.25) is 4.79 Å². The molecule has 0 saturated carbocycles. The molecule has 3 heterocycles. The molecule has 5 nitrogen and oxygen atoms in total. The van der Waals surface area contributed by atoms with Crippen LogP contribution in [-0.4, -0.2) is 34.5 Å². The number of likely N-dealkylation sites (tertiary alicyclic amines) is 1. The van der Waals surface area contributed by atoms with Crippen LogP contribution in [0.5, 0.6) is 5.75 Å². The zero-order valence-electron chi connectivity index (χ0n) is 13.9. The number of carbonyl (C=O) groups excluding carboxylic acids is 1. The first-order valence-electron chi connectivity index (χ1n) is 8.43. The maximum absolute atomic E-state index is 13.0. The average molecular weight is 357 g/mol. The SMILES string of the molecule is CC1CCN(C(=O)c2cc3c(s2)-c2ccccc2OC3)C(C(=O)O)C1. The Bertz CT molecular complexity index is 844. The number of carboxylic acids is 1. The monoisotopic (exact) mass is 357 g/mol. The van der Waals surface area contributed by atoms with Gasteiger partial charge in [0.15, 0.2) is 0 Å². The quantitative estimate of drug-likeness (QED) is 0.891. The number of hydrogen-bond acceptors (Lipinski definition) is 4. The van der Waals surface area contributed by atoms with Gasteiger partial charge in [-0.1, -0.05) is 19.1 Å². The van der Waals surface area contributed by atoms with Crippen LogP contribution >= 0.6 is 11.3 Å². The van der Waals surface area contributed by atoms with Gasteiger partial charge in [0.25, 0.3) is 5.91 Å². The molecular weight excluding hydrogens is 338 g/mol. The summed E-state index contributed by atoms with van der Waals surface area (Å²) in [5.41, 5.74) is 1.99. The molecule has 0 radical (unpaired) electrons. The van der Waals surface area contributed by atoms with Gasteiger partial charge in [-0.05, 0) is 37.0 Å². The van der Waals surface area contributed by atoms with Crippen molar-refractivity contribution in [3.05, 3.63) is 40.8 Å². The molecule has 1 fully saturated rings. The fraction of sp³-hybridized carbons (Fsp3) is 0.368. The van der Waals surface area contributed by atoms with Crippen LogP contribution in [0.3, 0.4) is 0 Å². The van der Waals surface area contributed by atoms with Crippen molar-refractivity contribution in [1.29, 1.82) is 0 Å². The lowest BCUT2D eigenvalue weighted by Crippen LogP contribution is -2.49. The lowest BCUT2D eigenvalue weighted by Gasteiger charge is -2.35. The van der Waals surface area contributed by atoms with Gasteiger partial charge in [-0.25, -0.2) is 4.79 Å². The first-order chi connectivity index (χ1) is 12.0. The average Bonchev–Trinajstić information content (AvgIpc) is 3.05. The Hall–Kier alpha value is -2.34. The highest BCUT2D eigenvalue weighted by atomic mass is 32.1. The molecule has 1 aromatic heterocycles. The van der Waals surface area contributed by atoms with Crippen LogP contribution in [0, 0.1) is 5.92 Å². The van der Waals surface area contributed by atoms with Gasteiger partial charge < -0.3 is 14.7 Å². The number of para-hydroxylation sites is 1. The smallest absolute Gasteiger partial charge is 0.326 e. The summed E-state index contributed by atoms with van der Waals surface area (Å²) in [4.78, 5) is 27.7. The van der Waals surface area contributed by atoms with Gasteiger partial charge in [-0.15, -0.1) is 11.3 Å². The summed E-state index contributed by atoms with van der Waals surface area (Å²) in [6.45, 7) is 2.97. The van der Waals surface area contributed by atoms with Gasteiger partial charge in [-0.2, -0.15) is 0 Å². The van der Waals surface area contributed by atoms with E-state index in [0.717, 1.165) is 28.2 Å². The van der Waals surface area contributed by atoms with E-state index in [1.54, 1.807) is 0 Å². The van der Waals surface area contributed by atoms with Crippen molar-refractivity contribution in [2.24, 2.45) is 5.92 Å². The zero-order chi connectivity index (χ0) is 17.6. The minimum atomic E-state index is -0.921. The maximum atomic E-state index is 13.0.